The van der Waals surface area contributed by atoms with Crippen LogP contribution >= 0.6 is 23.4 Å². The third-order valence-electron chi connectivity index (χ3n) is 4.04. The van der Waals surface area contributed by atoms with Crippen molar-refractivity contribution in [1.82, 2.24) is 15.2 Å². The summed E-state index contributed by atoms with van der Waals surface area (Å²) in [5, 5.41) is 19.3. The van der Waals surface area contributed by atoms with E-state index in [1.165, 1.54) is 23.9 Å². The first-order chi connectivity index (χ1) is 14.1. The molecule has 0 unspecified atom stereocenters. The second-order valence-corrected chi connectivity index (χ2v) is 7.44. The Labute approximate surface area is 174 Å². The van der Waals surface area contributed by atoms with Crippen LogP contribution < -0.4 is 9.47 Å². The highest BCUT2D eigenvalue weighted by Crippen LogP contribution is 2.35. The Morgan fingerprint density at radius 2 is 2.14 bits per heavy atom. The molecule has 0 radical (unpaired) electrons. The number of hydrogen-bond acceptors (Lipinski definition) is 8. The molecule has 150 valence electrons. The molecule has 4 rings (SSSR count). The average Bonchev–Trinajstić information content (AvgIpc) is 3.19. The first-order valence-electron chi connectivity index (χ1n) is 8.51. The van der Waals surface area contributed by atoms with Gasteiger partial charge in [-0.3, -0.25) is 15.2 Å². The van der Waals surface area contributed by atoms with Crippen LogP contribution in [0.4, 0.5) is 5.69 Å². The normalized spacial score (nSPS) is 12.9. The number of benzene rings is 2. The Morgan fingerprint density at radius 1 is 1.31 bits per heavy atom. The van der Waals surface area contributed by atoms with Crippen molar-refractivity contribution >= 4 is 29.1 Å². The number of nitrogens with zero attached hydrogens (tertiary/aromatic N) is 3. The van der Waals surface area contributed by atoms with E-state index < -0.39 is 4.92 Å². The number of hydrogen-bond donors (Lipinski definition) is 1. The third kappa shape index (κ3) is 4.78. The maximum absolute atomic E-state index is 11.2. The largest absolute Gasteiger partial charge is 0.486 e. The summed E-state index contributed by atoms with van der Waals surface area (Å²) in [6, 6.07) is 10.00. The molecule has 3 aromatic rings. The molecule has 0 saturated carbocycles. The number of nitro groups is 1. The molecule has 0 saturated heterocycles. The number of aromatic nitrogens is 3. The highest BCUT2D eigenvalue weighted by atomic mass is 35.5. The van der Waals surface area contributed by atoms with Crippen LogP contribution in [-0.2, 0) is 23.7 Å². The van der Waals surface area contributed by atoms with Crippen molar-refractivity contribution in [2.45, 2.75) is 24.1 Å². The molecule has 1 aromatic heterocycles. The molecule has 1 N–H and O–H groups in total. The number of aromatic amines is 1. The molecule has 11 heteroatoms. The van der Waals surface area contributed by atoms with Crippen LogP contribution in [-0.4, -0.2) is 26.9 Å². The fraction of sp³-hybridized carbons (Fsp3) is 0.222. The summed E-state index contributed by atoms with van der Waals surface area (Å²) in [4.78, 5) is 15.1. The molecule has 0 aliphatic carbocycles. The fourth-order valence-electron chi connectivity index (χ4n) is 2.73. The van der Waals surface area contributed by atoms with Crippen LogP contribution in [0.3, 0.4) is 0 Å². The summed E-state index contributed by atoms with van der Waals surface area (Å²) in [6.07, 6.45) is 0. The first kappa shape index (κ1) is 19.5. The second kappa shape index (κ2) is 8.68. The van der Waals surface area contributed by atoms with Crippen molar-refractivity contribution in [1.29, 1.82) is 0 Å². The third-order valence-corrected chi connectivity index (χ3v) is 5.19. The SMILES string of the molecule is O=[N+]([O-])c1cc2c(c(CSc3n[nH]c(COc4ccc(Cl)cc4)n3)c1)OCOC2. The van der Waals surface area contributed by atoms with Crippen molar-refractivity contribution in [2.75, 3.05) is 6.79 Å². The molecule has 0 spiro atoms. The zero-order valence-corrected chi connectivity index (χ0v) is 16.5. The van der Waals surface area contributed by atoms with Crippen molar-refractivity contribution in [2.24, 2.45) is 0 Å². The standard InChI is InChI=1S/C18H15ClN4O5S/c19-13-1-3-15(4-2-13)27-8-16-20-18(22-21-16)29-9-12-6-14(23(24)25)5-11-7-26-10-28-17(11)12/h1-6H,7-10H2,(H,20,21,22). The molecular formula is C18H15ClN4O5S. The van der Waals surface area contributed by atoms with Crippen molar-refractivity contribution in [3.05, 3.63) is 68.5 Å². The molecule has 0 atom stereocenters. The Morgan fingerprint density at radius 3 is 2.93 bits per heavy atom. The van der Waals surface area contributed by atoms with E-state index in [4.69, 9.17) is 25.8 Å². The van der Waals surface area contributed by atoms with Gasteiger partial charge in [-0.1, -0.05) is 23.4 Å². The lowest BCUT2D eigenvalue weighted by Crippen LogP contribution is -2.13. The highest BCUT2D eigenvalue weighted by Gasteiger charge is 2.21. The predicted molar refractivity (Wildman–Crippen MR) is 105 cm³/mol. The van der Waals surface area contributed by atoms with E-state index in [0.717, 1.165) is 0 Å². The Bertz CT molecular complexity index is 1030. The van der Waals surface area contributed by atoms with Gasteiger partial charge in [0.2, 0.25) is 5.16 Å². The lowest BCUT2D eigenvalue weighted by molar-refractivity contribution is -0.385. The lowest BCUT2D eigenvalue weighted by atomic mass is 10.1. The molecule has 2 aromatic carbocycles. The summed E-state index contributed by atoms with van der Waals surface area (Å²) >= 11 is 7.19. The van der Waals surface area contributed by atoms with E-state index in [0.29, 0.717) is 44.4 Å². The molecule has 0 bridgehead atoms. The van der Waals surface area contributed by atoms with Gasteiger partial charge in [-0.25, -0.2) is 4.98 Å². The number of halogens is 1. The minimum absolute atomic E-state index is 0.000454. The molecule has 1 aliphatic heterocycles. The van der Waals surface area contributed by atoms with Gasteiger partial charge in [-0.15, -0.1) is 5.10 Å². The number of H-pyrrole nitrogens is 1. The number of nitro benzene ring substituents is 1. The van der Waals surface area contributed by atoms with Crippen molar-refractivity contribution in [3.63, 3.8) is 0 Å². The molecule has 29 heavy (non-hydrogen) atoms. The van der Waals surface area contributed by atoms with E-state index in [1.54, 1.807) is 24.3 Å². The topological polar surface area (TPSA) is 112 Å². The Kier molecular flexibility index (Phi) is 5.84. The molecule has 2 heterocycles. The minimum Gasteiger partial charge on any atom is -0.486 e. The summed E-state index contributed by atoms with van der Waals surface area (Å²) < 4.78 is 16.4. The van der Waals surface area contributed by atoms with Crippen LogP contribution in [0, 0.1) is 10.1 Å². The van der Waals surface area contributed by atoms with Crippen LogP contribution in [0.15, 0.2) is 41.6 Å². The van der Waals surface area contributed by atoms with Crippen LogP contribution in [0.25, 0.3) is 0 Å². The quantitative estimate of drug-likeness (QED) is 0.336. The van der Waals surface area contributed by atoms with Crippen molar-refractivity contribution < 1.29 is 19.1 Å². The van der Waals surface area contributed by atoms with Gasteiger partial charge < -0.3 is 14.2 Å². The molecule has 1 aliphatic rings. The summed E-state index contributed by atoms with van der Waals surface area (Å²) in [5.74, 6) is 2.27. The van der Waals surface area contributed by atoms with Gasteiger partial charge in [0.05, 0.1) is 11.5 Å². The van der Waals surface area contributed by atoms with E-state index in [9.17, 15) is 10.1 Å². The van der Waals surface area contributed by atoms with Crippen LogP contribution in [0.1, 0.15) is 17.0 Å². The maximum Gasteiger partial charge on any atom is 0.270 e. The van der Waals surface area contributed by atoms with E-state index >= 15 is 0 Å². The molecule has 9 nitrogen and oxygen atoms in total. The maximum atomic E-state index is 11.2. The zero-order valence-electron chi connectivity index (χ0n) is 15.0. The summed E-state index contributed by atoms with van der Waals surface area (Å²) in [6.45, 7) is 0.624. The number of nitrogens with one attached hydrogen (secondary N) is 1. The summed E-state index contributed by atoms with van der Waals surface area (Å²) in [7, 11) is 0. The number of ether oxygens (including phenoxy) is 3. The highest BCUT2D eigenvalue weighted by molar-refractivity contribution is 7.98. The van der Waals surface area contributed by atoms with E-state index in [1.807, 2.05) is 0 Å². The first-order valence-corrected chi connectivity index (χ1v) is 9.88. The summed E-state index contributed by atoms with van der Waals surface area (Å²) in [5.41, 5.74) is 1.36. The van der Waals surface area contributed by atoms with E-state index in [-0.39, 0.29) is 25.7 Å². The van der Waals surface area contributed by atoms with E-state index in [2.05, 4.69) is 15.2 Å². The van der Waals surface area contributed by atoms with Crippen molar-refractivity contribution in [3.8, 4) is 11.5 Å². The lowest BCUT2D eigenvalue weighted by Gasteiger charge is -2.20. The van der Waals surface area contributed by atoms with Crippen LogP contribution in [0.5, 0.6) is 11.5 Å². The number of thioether (sulfide) groups is 1. The van der Waals surface area contributed by atoms with Gasteiger partial charge in [0.15, 0.2) is 12.6 Å². The number of rotatable bonds is 7. The van der Waals surface area contributed by atoms with Gasteiger partial charge in [0.1, 0.15) is 18.1 Å². The van der Waals surface area contributed by atoms with Gasteiger partial charge >= 0.3 is 0 Å². The minimum atomic E-state index is -0.429. The molecular weight excluding hydrogens is 420 g/mol. The van der Waals surface area contributed by atoms with Gasteiger partial charge in [0.25, 0.3) is 5.69 Å². The Balaban J connectivity index is 1.41. The second-order valence-electron chi connectivity index (χ2n) is 6.06. The fourth-order valence-corrected chi connectivity index (χ4v) is 3.64. The monoisotopic (exact) mass is 434 g/mol. The Hall–Kier alpha value is -2.82. The van der Waals surface area contributed by atoms with Gasteiger partial charge in [0, 0.05) is 34.0 Å². The predicted octanol–water partition coefficient (Wildman–Crippen LogP) is 4.10. The number of fused-ring (bicyclic) bond motifs is 1. The van der Waals surface area contributed by atoms with Crippen LogP contribution in [0.2, 0.25) is 5.02 Å². The van der Waals surface area contributed by atoms with Gasteiger partial charge in [-0.05, 0) is 24.3 Å². The zero-order chi connectivity index (χ0) is 20.2. The molecule has 0 amide bonds. The molecule has 0 fully saturated rings. The smallest absolute Gasteiger partial charge is 0.270 e. The average molecular weight is 435 g/mol. The van der Waals surface area contributed by atoms with Gasteiger partial charge in [-0.2, -0.15) is 0 Å². The number of non-ortho nitro benzene ring substituents is 1.